The van der Waals surface area contributed by atoms with E-state index >= 15 is 0 Å². The van der Waals surface area contributed by atoms with E-state index in [1.807, 2.05) is 12.1 Å². The highest BCUT2D eigenvalue weighted by molar-refractivity contribution is 7.10. The number of aryl methyl sites for hydroxylation is 2. The zero-order valence-corrected chi connectivity index (χ0v) is 17.9. The van der Waals surface area contributed by atoms with E-state index in [0.717, 1.165) is 41.5 Å². The molecule has 1 aromatic carbocycles. The molecular formula is C22H26ClN3OS. The molecule has 0 radical (unpaired) electrons. The van der Waals surface area contributed by atoms with Crippen molar-refractivity contribution in [3.63, 3.8) is 0 Å². The zero-order valence-electron chi connectivity index (χ0n) is 16.2. The Morgan fingerprint density at radius 2 is 2.11 bits per heavy atom. The number of nitrogens with zero attached hydrogens (tertiary/aromatic N) is 1. The van der Waals surface area contributed by atoms with Crippen molar-refractivity contribution in [3.8, 4) is 0 Å². The second-order valence-corrected chi connectivity index (χ2v) is 7.35. The third-order valence-electron chi connectivity index (χ3n) is 4.50. The number of fused-ring (bicyclic) bond motifs is 1. The van der Waals surface area contributed by atoms with Crippen LogP contribution in [0.1, 0.15) is 41.1 Å². The number of pyridine rings is 1. The van der Waals surface area contributed by atoms with Crippen LogP contribution >= 0.6 is 23.7 Å². The number of rotatable bonds is 8. The lowest BCUT2D eigenvalue weighted by Crippen LogP contribution is -2.24. The van der Waals surface area contributed by atoms with Crippen LogP contribution in [-0.4, -0.2) is 17.4 Å². The van der Waals surface area contributed by atoms with Crippen molar-refractivity contribution in [2.75, 3.05) is 11.9 Å². The van der Waals surface area contributed by atoms with Crippen LogP contribution in [0, 0.1) is 0 Å². The third-order valence-corrected chi connectivity index (χ3v) is 5.48. The van der Waals surface area contributed by atoms with Crippen LogP contribution in [-0.2, 0) is 12.8 Å². The van der Waals surface area contributed by atoms with E-state index in [1.165, 1.54) is 10.4 Å². The summed E-state index contributed by atoms with van der Waals surface area (Å²) in [6, 6.07) is 8.22. The largest absolute Gasteiger partial charge is 0.353 e. The molecule has 3 aromatic rings. The molecule has 6 heteroatoms. The summed E-state index contributed by atoms with van der Waals surface area (Å²) in [4.78, 5) is 18.6. The fourth-order valence-corrected chi connectivity index (χ4v) is 4.08. The Kier molecular flexibility index (Phi) is 8.03. The Morgan fingerprint density at radius 1 is 1.29 bits per heavy atom. The molecule has 0 aliphatic heterocycles. The molecule has 0 bridgehead atoms. The molecule has 0 aliphatic carbocycles. The predicted octanol–water partition coefficient (Wildman–Crippen LogP) is 5.89. The Morgan fingerprint density at radius 3 is 2.82 bits per heavy atom. The topological polar surface area (TPSA) is 54.0 Å². The molecule has 2 heterocycles. The van der Waals surface area contributed by atoms with Crippen LogP contribution < -0.4 is 10.6 Å². The molecule has 1 amide bonds. The molecular weight excluding hydrogens is 390 g/mol. The van der Waals surface area contributed by atoms with Gasteiger partial charge in [0.05, 0.1) is 22.5 Å². The second-order valence-electron chi connectivity index (χ2n) is 6.34. The SMILES string of the molecule is C=CCNC(=O)c1cnc2c(CC)cccc2c1Nc1ccsc1CCC.Cl. The third kappa shape index (κ3) is 4.54. The lowest BCUT2D eigenvalue weighted by atomic mass is 10.0. The van der Waals surface area contributed by atoms with Crippen LogP contribution in [0.25, 0.3) is 10.9 Å². The van der Waals surface area contributed by atoms with Crippen LogP contribution in [0.2, 0.25) is 0 Å². The van der Waals surface area contributed by atoms with Gasteiger partial charge in [-0.3, -0.25) is 9.78 Å². The zero-order chi connectivity index (χ0) is 19.2. The summed E-state index contributed by atoms with van der Waals surface area (Å²) in [5, 5.41) is 9.46. The van der Waals surface area contributed by atoms with Crippen LogP contribution in [0.5, 0.6) is 0 Å². The first kappa shape index (κ1) is 21.9. The smallest absolute Gasteiger partial charge is 0.255 e. The number of benzene rings is 1. The minimum absolute atomic E-state index is 0. The lowest BCUT2D eigenvalue weighted by Gasteiger charge is -2.16. The summed E-state index contributed by atoms with van der Waals surface area (Å²) in [5.41, 5.74) is 4.54. The van der Waals surface area contributed by atoms with Crippen molar-refractivity contribution in [3.05, 3.63) is 64.5 Å². The summed E-state index contributed by atoms with van der Waals surface area (Å²) in [6.45, 7) is 8.38. The Bertz CT molecular complexity index is 968. The maximum Gasteiger partial charge on any atom is 0.255 e. The summed E-state index contributed by atoms with van der Waals surface area (Å²) in [6.07, 6.45) is 6.34. The van der Waals surface area contributed by atoms with Crippen molar-refractivity contribution in [2.24, 2.45) is 0 Å². The molecule has 0 spiro atoms. The molecule has 28 heavy (non-hydrogen) atoms. The number of amides is 1. The van der Waals surface area contributed by atoms with Crippen molar-refractivity contribution in [1.82, 2.24) is 10.3 Å². The van der Waals surface area contributed by atoms with Crippen molar-refractivity contribution in [2.45, 2.75) is 33.1 Å². The van der Waals surface area contributed by atoms with E-state index in [2.05, 4.69) is 53.6 Å². The minimum atomic E-state index is -0.152. The van der Waals surface area contributed by atoms with Gasteiger partial charge in [-0.05, 0) is 29.9 Å². The standard InChI is InChI=1S/C22H25N3OS.ClH/c1-4-8-19-18(11-13-27-19)25-21-16-10-7-9-15(6-3)20(16)24-14-17(21)22(26)23-12-5-2;/h5,7,9-11,13-14H,2,4,6,8,12H2,1,3H3,(H,23,26)(H,24,25);1H. The van der Waals surface area contributed by atoms with Crippen LogP contribution in [0.3, 0.4) is 0 Å². The van der Waals surface area contributed by atoms with Crippen molar-refractivity contribution < 1.29 is 4.79 Å². The fraction of sp³-hybridized carbons (Fsp3) is 0.273. The average Bonchev–Trinajstić information content (AvgIpc) is 3.13. The minimum Gasteiger partial charge on any atom is -0.353 e. The second kappa shape index (κ2) is 10.2. The number of carbonyl (C=O) groups is 1. The first-order valence-electron chi connectivity index (χ1n) is 9.32. The number of hydrogen-bond acceptors (Lipinski definition) is 4. The highest BCUT2D eigenvalue weighted by Crippen LogP contribution is 2.34. The highest BCUT2D eigenvalue weighted by atomic mass is 35.5. The summed E-state index contributed by atoms with van der Waals surface area (Å²) in [7, 11) is 0. The van der Waals surface area contributed by atoms with Gasteiger partial charge in [-0.15, -0.1) is 30.3 Å². The highest BCUT2D eigenvalue weighted by Gasteiger charge is 2.18. The molecule has 0 saturated heterocycles. The van der Waals surface area contributed by atoms with Gasteiger partial charge in [-0.2, -0.15) is 0 Å². The number of halogens is 1. The van der Waals surface area contributed by atoms with Gasteiger partial charge in [0, 0.05) is 23.0 Å². The number of carbonyl (C=O) groups excluding carboxylic acids is 1. The van der Waals surface area contributed by atoms with Gasteiger partial charge in [-0.25, -0.2) is 0 Å². The molecule has 0 aliphatic rings. The number of anilines is 2. The molecule has 0 unspecified atom stereocenters. The average molecular weight is 416 g/mol. The summed E-state index contributed by atoms with van der Waals surface area (Å²) < 4.78 is 0. The van der Waals surface area contributed by atoms with Gasteiger partial charge in [0.25, 0.3) is 5.91 Å². The fourth-order valence-electron chi connectivity index (χ4n) is 3.14. The molecule has 0 fully saturated rings. The molecule has 3 rings (SSSR count). The maximum atomic E-state index is 12.7. The Labute approximate surface area is 176 Å². The number of nitrogens with one attached hydrogen (secondary N) is 2. The van der Waals surface area contributed by atoms with Gasteiger partial charge >= 0.3 is 0 Å². The lowest BCUT2D eigenvalue weighted by molar-refractivity contribution is 0.0958. The molecule has 0 atom stereocenters. The van der Waals surface area contributed by atoms with Gasteiger partial charge in [0.1, 0.15) is 0 Å². The van der Waals surface area contributed by atoms with Crippen molar-refractivity contribution >= 4 is 51.9 Å². The van der Waals surface area contributed by atoms with Gasteiger partial charge < -0.3 is 10.6 Å². The Balaban J connectivity index is 0.00000280. The molecule has 4 nitrogen and oxygen atoms in total. The van der Waals surface area contributed by atoms with Gasteiger partial charge in [-0.1, -0.05) is 44.5 Å². The predicted molar refractivity (Wildman–Crippen MR) is 122 cm³/mol. The van der Waals surface area contributed by atoms with Crippen molar-refractivity contribution in [1.29, 1.82) is 0 Å². The Hall–Kier alpha value is -2.37. The van der Waals surface area contributed by atoms with E-state index < -0.39 is 0 Å². The number of thiophene rings is 1. The van der Waals surface area contributed by atoms with Crippen LogP contribution in [0.4, 0.5) is 11.4 Å². The van der Waals surface area contributed by atoms with Crippen LogP contribution in [0.15, 0.2) is 48.5 Å². The molecule has 2 aromatic heterocycles. The number of para-hydroxylation sites is 1. The summed E-state index contributed by atoms with van der Waals surface area (Å²) in [5.74, 6) is -0.152. The van der Waals surface area contributed by atoms with E-state index in [9.17, 15) is 4.79 Å². The quantitative estimate of drug-likeness (QED) is 0.451. The molecule has 2 N–H and O–H groups in total. The monoisotopic (exact) mass is 415 g/mol. The number of aromatic nitrogens is 1. The van der Waals surface area contributed by atoms with E-state index in [0.29, 0.717) is 12.1 Å². The maximum absolute atomic E-state index is 12.7. The van der Waals surface area contributed by atoms with E-state index in [-0.39, 0.29) is 18.3 Å². The van der Waals surface area contributed by atoms with E-state index in [1.54, 1.807) is 23.6 Å². The molecule has 148 valence electrons. The van der Waals surface area contributed by atoms with Gasteiger partial charge in [0.2, 0.25) is 0 Å². The first-order valence-corrected chi connectivity index (χ1v) is 10.2. The van der Waals surface area contributed by atoms with E-state index in [4.69, 9.17) is 0 Å². The molecule has 0 saturated carbocycles. The summed E-state index contributed by atoms with van der Waals surface area (Å²) >= 11 is 1.74. The normalized spacial score (nSPS) is 10.4. The number of hydrogen-bond donors (Lipinski definition) is 2. The van der Waals surface area contributed by atoms with Gasteiger partial charge in [0.15, 0.2) is 0 Å². The first-order chi connectivity index (χ1) is 13.2.